The first kappa shape index (κ1) is 25.0. The van der Waals surface area contributed by atoms with Crippen molar-refractivity contribution in [1.82, 2.24) is 0 Å². The smallest absolute Gasteiger partial charge is 0.339 e. The highest BCUT2D eigenvalue weighted by atomic mass is 16.5. The highest BCUT2D eigenvalue weighted by molar-refractivity contribution is 5.91. The Kier molecular flexibility index (Phi) is 7.72. The van der Waals surface area contributed by atoms with Crippen LogP contribution in [0, 0.1) is 5.92 Å². The second-order valence-electron chi connectivity index (χ2n) is 8.84. The minimum absolute atomic E-state index is 0.0709. The number of carbonyl (C=O) groups is 1. The van der Waals surface area contributed by atoms with E-state index in [1.165, 1.54) is 6.07 Å². The molecule has 2 bridgehead atoms. The van der Waals surface area contributed by atoms with Crippen LogP contribution in [0.4, 0.5) is 0 Å². The van der Waals surface area contributed by atoms with Crippen LogP contribution in [0.2, 0.25) is 0 Å². The summed E-state index contributed by atoms with van der Waals surface area (Å²) in [5.74, 6) is 0.717. The molecule has 1 unspecified atom stereocenters. The summed E-state index contributed by atoms with van der Waals surface area (Å²) in [6, 6.07) is 18.5. The average molecular weight is 465 g/mol. The Balaban J connectivity index is 0.000000296. The third kappa shape index (κ3) is 5.45. The Morgan fingerprint density at radius 1 is 1.03 bits per heavy atom. The maximum absolute atomic E-state index is 11.4. The monoisotopic (exact) mass is 464 g/mol. The van der Waals surface area contributed by atoms with E-state index in [-0.39, 0.29) is 16.7 Å². The van der Waals surface area contributed by atoms with Crippen LogP contribution in [0.5, 0.6) is 17.2 Å². The summed E-state index contributed by atoms with van der Waals surface area (Å²) in [5, 5.41) is 19.1. The number of hydrogen-bond donors (Lipinski definition) is 2. The minimum Gasteiger partial charge on any atom is -0.507 e. The molecule has 4 rings (SSSR count). The highest BCUT2D eigenvalue weighted by Crippen LogP contribution is 2.40. The van der Waals surface area contributed by atoms with E-state index in [2.05, 4.69) is 20.8 Å². The molecule has 34 heavy (non-hydrogen) atoms. The van der Waals surface area contributed by atoms with Crippen LogP contribution in [0.15, 0.2) is 65.1 Å². The van der Waals surface area contributed by atoms with Crippen LogP contribution in [0.25, 0.3) is 11.2 Å². The lowest BCUT2D eigenvalue weighted by atomic mass is 9.71. The fraction of sp³-hybridized carbons (Fsp3) is 0.321. The van der Waals surface area contributed by atoms with E-state index in [1.54, 1.807) is 19.2 Å². The van der Waals surface area contributed by atoms with Gasteiger partial charge in [0, 0.05) is 11.5 Å². The molecule has 2 aromatic carbocycles. The van der Waals surface area contributed by atoms with E-state index in [0.29, 0.717) is 12.5 Å². The van der Waals surface area contributed by atoms with Crippen LogP contribution in [-0.2, 0) is 5.41 Å². The van der Waals surface area contributed by atoms with Gasteiger partial charge in [0.2, 0.25) is 0 Å². The molecule has 0 aliphatic rings. The number of ether oxygens (including phenoxy) is 2. The van der Waals surface area contributed by atoms with Crippen LogP contribution in [0.1, 0.15) is 55.6 Å². The molecule has 0 saturated heterocycles. The van der Waals surface area contributed by atoms with Crippen molar-refractivity contribution in [2.24, 2.45) is 5.92 Å². The zero-order chi connectivity index (χ0) is 24.9. The van der Waals surface area contributed by atoms with E-state index < -0.39 is 5.97 Å². The Morgan fingerprint density at radius 2 is 1.71 bits per heavy atom. The van der Waals surface area contributed by atoms with E-state index in [0.717, 1.165) is 40.2 Å². The lowest BCUT2D eigenvalue weighted by molar-refractivity contribution is 0.0693. The Bertz CT molecular complexity index is 1210. The van der Waals surface area contributed by atoms with Gasteiger partial charge in [-0.25, -0.2) is 4.79 Å². The second-order valence-corrected chi connectivity index (χ2v) is 8.84. The molecule has 1 atom stereocenters. The number of aromatic carboxylic acids is 1. The summed E-state index contributed by atoms with van der Waals surface area (Å²) in [6.07, 6.45) is 0.852. The predicted molar refractivity (Wildman–Crippen MR) is 133 cm³/mol. The predicted octanol–water partition coefficient (Wildman–Crippen LogP) is 6.72. The first-order valence-electron chi connectivity index (χ1n) is 11.3. The van der Waals surface area contributed by atoms with Gasteiger partial charge in [0.15, 0.2) is 11.3 Å². The fourth-order valence-corrected chi connectivity index (χ4v) is 4.28. The third-order valence-corrected chi connectivity index (χ3v) is 5.85. The van der Waals surface area contributed by atoms with Gasteiger partial charge in [0.25, 0.3) is 0 Å². The van der Waals surface area contributed by atoms with Gasteiger partial charge in [-0.15, -0.1) is 0 Å². The van der Waals surface area contributed by atoms with Crippen molar-refractivity contribution < 1.29 is 28.9 Å². The SMILES string of the molecule is CCOc1ccc(C(C)(CC(C)C)c2ccc(O)c(C(=O)O)c2)cc1.COc1cc2ccc1o2. The van der Waals surface area contributed by atoms with Crippen LogP contribution in [-0.4, -0.2) is 29.9 Å². The summed E-state index contributed by atoms with van der Waals surface area (Å²) in [5.41, 5.74) is 3.23. The van der Waals surface area contributed by atoms with Gasteiger partial charge in [-0.05, 0) is 66.8 Å². The van der Waals surface area contributed by atoms with Gasteiger partial charge in [0.05, 0.1) is 13.7 Å². The lowest BCUT2D eigenvalue weighted by Gasteiger charge is -2.33. The molecule has 180 valence electrons. The quantitative estimate of drug-likeness (QED) is 0.301. The van der Waals surface area contributed by atoms with E-state index in [9.17, 15) is 15.0 Å². The highest BCUT2D eigenvalue weighted by Gasteiger charge is 2.31. The summed E-state index contributed by atoms with van der Waals surface area (Å²) < 4.78 is 15.7. The maximum Gasteiger partial charge on any atom is 0.339 e. The molecule has 0 radical (unpaired) electrons. The van der Waals surface area contributed by atoms with Crippen molar-refractivity contribution in [1.29, 1.82) is 0 Å². The summed E-state index contributed by atoms with van der Waals surface area (Å²) in [6.45, 7) is 8.96. The number of rotatable bonds is 8. The minimum atomic E-state index is -1.13. The zero-order valence-electron chi connectivity index (χ0n) is 20.3. The summed E-state index contributed by atoms with van der Waals surface area (Å²) >= 11 is 0. The summed E-state index contributed by atoms with van der Waals surface area (Å²) in [7, 11) is 1.64. The van der Waals surface area contributed by atoms with E-state index in [4.69, 9.17) is 13.9 Å². The molecule has 0 aliphatic carbocycles. The van der Waals surface area contributed by atoms with Crippen molar-refractivity contribution >= 4 is 17.1 Å². The normalized spacial score (nSPS) is 12.8. The number of furan rings is 2. The number of aromatic hydroxyl groups is 1. The molecule has 0 spiro atoms. The van der Waals surface area contributed by atoms with E-state index in [1.807, 2.05) is 49.4 Å². The first-order valence-corrected chi connectivity index (χ1v) is 11.3. The number of benzene rings is 3. The topological polar surface area (TPSA) is 89.1 Å². The Hall–Kier alpha value is -3.67. The Morgan fingerprint density at radius 3 is 2.18 bits per heavy atom. The molecule has 6 nitrogen and oxygen atoms in total. The number of phenols is 1. The number of carboxylic acids is 1. The van der Waals surface area contributed by atoms with Gasteiger partial charge in [-0.1, -0.05) is 39.0 Å². The molecule has 0 aliphatic heterocycles. The molecular weight excluding hydrogens is 432 g/mol. The van der Waals surface area contributed by atoms with Crippen LogP contribution in [0.3, 0.4) is 0 Å². The van der Waals surface area contributed by atoms with E-state index >= 15 is 0 Å². The Labute approximate surface area is 200 Å². The van der Waals surface area contributed by atoms with Gasteiger partial charge in [0.1, 0.15) is 22.6 Å². The van der Waals surface area contributed by atoms with Gasteiger partial charge in [-0.2, -0.15) is 0 Å². The molecule has 4 aromatic rings. The molecule has 0 saturated carbocycles. The number of hydrogen-bond acceptors (Lipinski definition) is 5. The molecule has 0 fully saturated rings. The molecule has 2 heterocycles. The van der Waals surface area contributed by atoms with Gasteiger partial charge >= 0.3 is 5.97 Å². The molecule has 6 heteroatoms. The third-order valence-electron chi connectivity index (χ3n) is 5.85. The lowest BCUT2D eigenvalue weighted by Crippen LogP contribution is -2.26. The van der Waals surface area contributed by atoms with Crippen molar-refractivity contribution in [3.63, 3.8) is 0 Å². The zero-order valence-corrected chi connectivity index (χ0v) is 20.3. The largest absolute Gasteiger partial charge is 0.507 e. The van der Waals surface area contributed by atoms with Crippen molar-refractivity contribution in [3.05, 3.63) is 77.4 Å². The maximum atomic E-state index is 11.4. The fourth-order valence-electron chi connectivity index (χ4n) is 4.28. The molecule has 0 amide bonds. The summed E-state index contributed by atoms with van der Waals surface area (Å²) in [4.78, 5) is 11.4. The van der Waals surface area contributed by atoms with Crippen LogP contribution >= 0.6 is 0 Å². The standard InChI is InChI=1S/C21H26O4.C7H6O2/c1-5-25-17-9-6-15(7-10-17)21(4,13-14(2)3)16-8-11-19(22)18(12-16)20(23)24;1-8-7-4-5-2-3-6(7)9-5/h6-12,14,22H,5,13H2,1-4H3,(H,23,24);2-4H,1H3. The van der Waals surface area contributed by atoms with Gasteiger partial charge < -0.3 is 24.1 Å². The number of methoxy groups -OCH3 is 1. The van der Waals surface area contributed by atoms with Gasteiger partial charge in [-0.3, -0.25) is 0 Å². The van der Waals surface area contributed by atoms with Crippen molar-refractivity contribution in [2.75, 3.05) is 13.7 Å². The first-order chi connectivity index (χ1) is 16.2. The molecule has 2 aromatic heterocycles. The van der Waals surface area contributed by atoms with Crippen molar-refractivity contribution in [2.45, 2.75) is 39.5 Å². The average Bonchev–Trinajstić information content (AvgIpc) is 3.43. The molecular formula is C28H32O6. The molecule has 2 N–H and O–H groups in total. The number of fused-ring (bicyclic) bond motifs is 2. The number of carboxylic acid groups (broad SMARTS) is 1. The van der Waals surface area contributed by atoms with Crippen LogP contribution < -0.4 is 9.47 Å². The van der Waals surface area contributed by atoms with Crippen molar-refractivity contribution in [3.8, 4) is 17.2 Å². The second kappa shape index (κ2) is 10.5.